The number of benzene rings is 1. The van der Waals surface area contributed by atoms with Gasteiger partial charge in [-0.3, -0.25) is 4.79 Å². The van der Waals surface area contributed by atoms with Gasteiger partial charge < -0.3 is 5.32 Å². The SMILES string of the molecule is O=C(NC1CCCCC1Cl)c1csc2ccccc12. The summed E-state index contributed by atoms with van der Waals surface area (Å²) in [7, 11) is 0. The Kier molecular flexibility index (Phi) is 3.76. The van der Waals surface area contributed by atoms with Crippen molar-refractivity contribution in [3.05, 3.63) is 35.2 Å². The Balaban J connectivity index is 1.80. The zero-order chi connectivity index (χ0) is 13.2. The summed E-state index contributed by atoms with van der Waals surface area (Å²) in [6, 6.07) is 8.12. The fourth-order valence-electron chi connectivity index (χ4n) is 2.65. The molecule has 0 saturated heterocycles. The van der Waals surface area contributed by atoms with Gasteiger partial charge in [0, 0.05) is 21.5 Å². The van der Waals surface area contributed by atoms with Crippen LogP contribution < -0.4 is 5.32 Å². The Labute approximate surface area is 121 Å². The molecule has 2 aromatic rings. The Morgan fingerprint density at radius 3 is 2.89 bits per heavy atom. The topological polar surface area (TPSA) is 29.1 Å². The number of nitrogens with one attached hydrogen (secondary N) is 1. The van der Waals surface area contributed by atoms with Crippen molar-refractivity contribution in [2.75, 3.05) is 0 Å². The zero-order valence-corrected chi connectivity index (χ0v) is 12.1. The predicted molar refractivity (Wildman–Crippen MR) is 81.2 cm³/mol. The van der Waals surface area contributed by atoms with Crippen LogP contribution in [0.25, 0.3) is 10.1 Å². The summed E-state index contributed by atoms with van der Waals surface area (Å²) in [6.07, 6.45) is 4.30. The molecule has 0 radical (unpaired) electrons. The van der Waals surface area contributed by atoms with E-state index in [4.69, 9.17) is 11.6 Å². The molecule has 100 valence electrons. The third kappa shape index (κ3) is 2.63. The Morgan fingerprint density at radius 1 is 1.26 bits per heavy atom. The first kappa shape index (κ1) is 12.9. The lowest BCUT2D eigenvalue weighted by Gasteiger charge is -2.27. The summed E-state index contributed by atoms with van der Waals surface area (Å²) in [5.41, 5.74) is 0.773. The molecule has 1 aromatic carbocycles. The van der Waals surface area contributed by atoms with Crippen LogP contribution in [0.15, 0.2) is 29.6 Å². The van der Waals surface area contributed by atoms with Gasteiger partial charge in [-0.1, -0.05) is 31.0 Å². The quantitative estimate of drug-likeness (QED) is 0.827. The van der Waals surface area contributed by atoms with Crippen molar-refractivity contribution in [1.82, 2.24) is 5.32 Å². The van der Waals surface area contributed by atoms with Crippen molar-refractivity contribution in [1.29, 1.82) is 0 Å². The van der Waals surface area contributed by atoms with Gasteiger partial charge in [0.15, 0.2) is 0 Å². The van der Waals surface area contributed by atoms with E-state index in [0.717, 1.165) is 34.9 Å². The molecule has 1 heterocycles. The number of thiophene rings is 1. The summed E-state index contributed by atoms with van der Waals surface area (Å²) in [6.45, 7) is 0. The van der Waals surface area contributed by atoms with Crippen molar-refractivity contribution in [3.8, 4) is 0 Å². The second-order valence-corrected chi connectivity index (χ2v) is 6.50. The first-order chi connectivity index (χ1) is 9.25. The van der Waals surface area contributed by atoms with E-state index in [1.165, 1.54) is 6.42 Å². The van der Waals surface area contributed by atoms with Crippen molar-refractivity contribution >= 4 is 38.9 Å². The van der Waals surface area contributed by atoms with Gasteiger partial charge in [0.25, 0.3) is 5.91 Å². The van der Waals surface area contributed by atoms with Gasteiger partial charge in [-0.15, -0.1) is 22.9 Å². The molecule has 1 fully saturated rings. The molecule has 3 rings (SSSR count). The van der Waals surface area contributed by atoms with Crippen LogP contribution in [0, 0.1) is 0 Å². The average Bonchev–Trinajstić information content (AvgIpc) is 2.85. The van der Waals surface area contributed by atoms with Gasteiger partial charge in [0.1, 0.15) is 0 Å². The number of amides is 1. The average molecular weight is 294 g/mol. The number of fused-ring (bicyclic) bond motifs is 1. The number of carbonyl (C=O) groups excluding carboxylic acids is 1. The maximum atomic E-state index is 12.4. The molecule has 0 spiro atoms. The fourth-order valence-corrected chi connectivity index (χ4v) is 3.93. The van der Waals surface area contributed by atoms with Crippen LogP contribution in [0.1, 0.15) is 36.0 Å². The second kappa shape index (κ2) is 5.51. The second-order valence-electron chi connectivity index (χ2n) is 5.03. The highest BCUT2D eigenvalue weighted by Crippen LogP contribution is 2.27. The summed E-state index contributed by atoms with van der Waals surface area (Å²) < 4.78 is 1.15. The maximum absolute atomic E-state index is 12.4. The molecule has 2 nitrogen and oxygen atoms in total. The first-order valence-corrected chi connectivity index (χ1v) is 7.98. The summed E-state index contributed by atoms with van der Waals surface area (Å²) in [5, 5.41) is 6.14. The summed E-state index contributed by atoms with van der Waals surface area (Å²) in [5.74, 6) is 0.00926. The van der Waals surface area contributed by atoms with Gasteiger partial charge in [0.05, 0.1) is 10.9 Å². The largest absolute Gasteiger partial charge is 0.348 e. The molecule has 2 atom stereocenters. The van der Waals surface area contributed by atoms with Crippen LogP contribution in [0.4, 0.5) is 0 Å². The van der Waals surface area contributed by atoms with Crippen LogP contribution in [0.5, 0.6) is 0 Å². The molecular weight excluding hydrogens is 278 g/mol. The predicted octanol–water partition coefficient (Wildman–Crippen LogP) is 4.18. The fraction of sp³-hybridized carbons (Fsp3) is 0.400. The van der Waals surface area contributed by atoms with Crippen LogP contribution in [-0.4, -0.2) is 17.3 Å². The molecule has 0 aliphatic heterocycles. The number of hydrogen-bond acceptors (Lipinski definition) is 2. The molecule has 1 aromatic heterocycles. The van der Waals surface area contributed by atoms with Crippen LogP contribution >= 0.6 is 22.9 Å². The third-order valence-electron chi connectivity index (χ3n) is 3.72. The molecule has 4 heteroatoms. The summed E-state index contributed by atoms with van der Waals surface area (Å²) in [4.78, 5) is 12.4. The molecule has 1 N–H and O–H groups in total. The lowest BCUT2D eigenvalue weighted by molar-refractivity contribution is 0.0931. The van der Waals surface area contributed by atoms with Crippen LogP contribution in [0.2, 0.25) is 0 Å². The lowest BCUT2D eigenvalue weighted by atomic mass is 9.94. The molecule has 19 heavy (non-hydrogen) atoms. The van der Waals surface area contributed by atoms with Gasteiger partial charge in [-0.25, -0.2) is 0 Å². The monoisotopic (exact) mass is 293 g/mol. The van der Waals surface area contributed by atoms with E-state index >= 15 is 0 Å². The third-order valence-corrected chi connectivity index (χ3v) is 5.21. The lowest BCUT2D eigenvalue weighted by Crippen LogP contribution is -2.42. The van der Waals surface area contributed by atoms with Gasteiger partial charge in [0.2, 0.25) is 0 Å². The number of alkyl halides is 1. The molecular formula is C15H16ClNOS. The maximum Gasteiger partial charge on any atom is 0.253 e. The van der Waals surface area contributed by atoms with Gasteiger partial charge in [-0.2, -0.15) is 0 Å². The van der Waals surface area contributed by atoms with Crippen molar-refractivity contribution < 1.29 is 4.79 Å². The minimum Gasteiger partial charge on any atom is -0.348 e. The highest BCUT2D eigenvalue weighted by Gasteiger charge is 2.25. The van der Waals surface area contributed by atoms with E-state index < -0.39 is 0 Å². The van der Waals surface area contributed by atoms with Crippen LogP contribution in [-0.2, 0) is 0 Å². The smallest absolute Gasteiger partial charge is 0.253 e. The summed E-state index contributed by atoms with van der Waals surface area (Å²) >= 11 is 7.91. The van der Waals surface area contributed by atoms with E-state index in [1.54, 1.807) is 11.3 Å². The number of rotatable bonds is 2. The van der Waals surface area contributed by atoms with Gasteiger partial charge >= 0.3 is 0 Å². The van der Waals surface area contributed by atoms with E-state index in [-0.39, 0.29) is 17.3 Å². The Morgan fingerprint density at radius 2 is 2.05 bits per heavy atom. The Hall–Kier alpha value is -1.06. The molecule has 1 aliphatic rings. The van der Waals surface area contributed by atoms with E-state index in [0.29, 0.717) is 0 Å². The number of hydrogen-bond donors (Lipinski definition) is 1. The van der Waals surface area contributed by atoms with Crippen LogP contribution in [0.3, 0.4) is 0 Å². The number of carbonyl (C=O) groups is 1. The standard InChI is InChI=1S/C15H16ClNOS/c16-12-6-2-3-7-13(12)17-15(18)11-9-19-14-8-4-1-5-10(11)14/h1,4-5,8-9,12-13H,2-3,6-7H2,(H,17,18). The van der Waals surface area contributed by atoms with Gasteiger partial charge in [-0.05, 0) is 18.9 Å². The molecule has 2 unspecified atom stereocenters. The highest BCUT2D eigenvalue weighted by atomic mass is 35.5. The first-order valence-electron chi connectivity index (χ1n) is 6.67. The Bertz CT molecular complexity index is 595. The molecule has 1 amide bonds. The van der Waals surface area contributed by atoms with Crippen molar-refractivity contribution in [2.24, 2.45) is 0 Å². The zero-order valence-electron chi connectivity index (χ0n) is 10.6. The molecule has 1 saturated carbocycles. The van der Waals surface area contributed by atoms with Crippen molar-refractivity contribution in [2.45, 2.75) is 37.1 Å². The van der Waals surface area contributed by atoms with E-state index in [2.05, 4.69) is 5.32 Å². The number of halogens is 1. The minimum atomic E-state index is 0.00926. The van der Waals surface area contributed by atoms with E-state index in [9.17, 15) is 4.79 Å². The molecule has 0 bridgehead atoms. The van der Waals surface area contributed by atoms with Crippen molar-refractivity contribution in [3.63, 3.8) is 0 Å². The van der Waals surface area contributed by atoms with E-state index in [1.807, 2.05) is 29.6 Å². The highest BCUT2D eigenvalue weighted by molar-refractivity contribution is 7.17. The molecule has 1 aliphatic carbocycles. The minimum absolute atomic E-state index is 0.00926. The normalized spacial score (nSPS) is 23.4.